The number of aromatic nitrogens is 1. The van der Waals surface area contributed by atoms with Crippen molar-refractivity contribution in [3.8, 4) is 0 Å². The van der Waals surface area contributed by atoms with Crippen LogP contribution in [0.3, 0.4) is 0 Å². The molecule has 2 atom stereocenters. The molecule has 30 heavy (non-hydrogen) atoms. The molecule has 1 fully saturated rings. The Morgan fingerprint density at radius 3 is 2.70 bits per heavy atom. The van der Waals surface area contributed by atoms with Gasteiger partial charge in [0.1, 0.15) is 0 Å². The van der Waals surface area contributed by atoms with Crippen molar-refractivity contribution in [2.75, 3.05) is 20.1 Å². The Labute approximate surface area is 177 Å². The van der Waals surface area contributed by atoms with Gasteiger partial charge in [0.25, 0.3) is 5.56 Å². The van der Waals surface area contributed by atoms with Crippen LogP contribution in [0.5, 0.6) is 0 Å². The number of carbonyl (C=O) groups excluding carboxylic acids is 1. The third kappa shape index (κ3) is 4.46. The summed E-state index contributed by atoms with van der Waals surface area (Å²) >= 11 is 0. The first kappa shape index (κ1) is 20.7. The van der Waals surface area contributed by atoms with Gasteiger partial charge in [0.05, 0.1) is 12.5 Å². The van der Waals surface area contributed by atoms with E-state index in [4.69, 9.17) is 4.42 Å². The number of hydrogen-bond acceptors (Lipinski definition) is 4. The summed E-state index contributed by atoms with van der Waals surface area (Å²) in [6.45, 7) is 9.37. The third-order valence-electron chi connectivity index (χ3n) is 5.93. The molecule has 2 aromatic heterocycles. The molecule has 7 nitrogen and oxygen atoms in total. The number of furan rings is 1. The van der Waals surface area contributed by atoms with E-state index in [0.29, 0.717) is 32.1 Å². The zero-order valence-electron chi connectivity index (χ0n) is 18.4. The fourth-order valence-corrected chi connectivity index (χ4v) is 4.72. The number of pyridine rings is 1. The first-order valence-corrected chi connectivity index (χ1v) is 10.7. The number of piperidine rings is 1. The minimum atomic E-state index is -0.254. The first-order chi connectivity index (χ1) is 14.2. The molecule has 2 aromatic rings. The molecular weight excluding hydrogens is 380 g/mol. The number of fused-ring (bicyclic) bond motifs is 4. The minimum absolute atomic E-state index is 0.00881. The lowest BCUT2D eigenvalue weighted by Crippen LogP contribution is -2.55. The Morgan fingerprint density at radius 2 is 2.00 bits per heavy atom. The highest BCUT2D eigenvalue weighted by Crippen LogP contribution is 2.35. The SMILES string of the molecule is CN(Cc1ccoc1)Cc1ccc2n(c1=O)C[C@H]1C[C@@H]2CN(C(=O)NC(C)(C)C)C1. The summed E-state index contributed by atoms with van der Waals surface area (Å²) in [6.07, 6.45) is 4.44. The van der Waals surface area contributed by atoms with Gasteiger partial charge in [-0.2, -0.15) is 0 Å². The Balaban J connectivity index is 1.49. The first-order valence-electron chi connectivity index (χ1n) is 10.7. The summed E-state index contributed by atoms with van der Waals surface area (Å²) < 4.78 is 7.09. The van der Waals surface area contributed by atoms with E-state index in [1.165, 1.54) is 0 Å². The van der Waals surface area contributed by atoms with Crippen LogP contribution in [0.4, 0.5) is 4.79 Å². The van der Waals surface area contributed by atoms with E-state index in [0.717, 1.165) is 29.8 Å². The van der Waals surface area contributed by atoms with E-state index in [-0.39, 0.29) is 23.0 Å². The van der Waals surface area contributed by atoms with Crippen LogP contribution in [-0.2, 0) is 19.6 Å². The molecule has 4 rings (SSSR count). The van der Waals surface area contributed by atoms with Gasteiger partial charge in [-0.1, -0.05) is 6.07 Å². The lowest BCUT2D eigenvalue weighted by molar-refractivity contribution is 0.126. The number of carbonyl (C=O) groups is 1. The summed E-state index contributed by atoms with van der Waals surface area (Å²) in [6, 6.07) is 5.99. The fraction of sp³-hybridized carbons (Fsp3) is 0.565. The molecule has 1 saturated heterocycles. The third-order valence-corrected chi connectivity index (χ3v) is 5.93. The van der Waals surface area contributed by atoms with Crippen LogP contribution in [0.2, 0.25) is 0 Å². The van der Waals surface area contributed by atoms with Gasteiger partial charge in [0.15, 0.2) is 0 Å². The standard InChI is InChI=1S/C23H32N4O3/c1-23(2,3)24-22(29)26-11-17-9-19(14-26)20-6-5-18(21(28)27(20)12-17)13-25(4)10-16-7-8-30-15-16/h5-8,15,17,19H,9-14H2,1-4H3,(H,24,29)/t17-,19+/m0/s1. The highest BCUT2D eigenvalue weighted by Gasteiger charge is 2.37. The average molecular weight is 413 g/mol. The van der Waals surface area contributed by atoms with E-state index in [1.54, 1.807) is 12.5 Å². The highest BCUT2D eigenvalue weighted by molar-refractivity contribution is 5.75. The van der Waals surface area contributed by atoms with Crippen molar-refractivity contribution in [1.82, 2.24) is 19.7 Å². The maximum atomic E-state index is 13.2. The second kappa shape index (κ2) is 7.95. The molecule has 2 aliphatic heterocycles. The Morgan fingerprint density at radius 1 is 1.20 bits per heavy atom. The number of amides is 2. The highest BCUT2D eigenvalue weighted by atomic mass is 16.3. The van der Waals surface area contributed by atoms with Gasteiger partial charge in [-0.25, -0.2) is 4.79 Å². The molecule has 0 saturated carbocycles. The molecule has 162 valence electrons. The Bertz CT molecular complexity index is 958. The van der Waals surface area contributed by atoms with Gasteiger partial charge in [-0.05, 0) is 52.3 Å². The van der Waals surface area contributed by atoms with Crippen LogP contribution in [0.15, 0.2) is 39.9 Å². The van der Waals surface area contributed by atoms with Crippen LogP contribution in [0.25, 0.3) is 0 Å². The van der Waals surface area contributed by atoms with E-state index >= 15 is 0 Å². The van der Waals surface area contributed by atoms with E-state index in [2.05, 4.69) is 16.3 Å². The largest absolute Gasteiger partial charge is 0.472 e. The summed E-state index contributed by atoms with van der Waals surface area (Å²) in [7, 11) is 2.01. The topological polar surface area (TPSA) is 70.7 Å². The summed E-state index contributed by atoms with van der Waals surface area (Å²) in [5.74, 6) is 0.534. The number of nitrogens with one attached hydrogen (secondary N) is 1. The second-order valence-corrected chi connectivity index (χ2v) is 9.89. The van der Waals surface area contributed by atoms with Crippen LogP contribution >= 0.6 is 0 Å². The smallest absolute Gasteiger partial charge is 0.317 e. The number of rotatable bonds is 4. The number of nitrogens with zero attached hydrogens (tertiary/aromatic N) is 3. The van der Waals surface area contributed by atoms with Gasteiger partial charge in [0, 0.05) is 61.0 Å². The van der Waals surface area contributed by atoms with Crippen molar-refractivity contribution in [1.29, 1.82) is 0 Å². The number of urea groups is 1. The van der Waals surface area contributed by atoms with Gasteiger partial charge >= 0.3 is 6.03 Å². The molecule has 2 bridgehead atoms. The van der Waals surface area contributed by atoms with E-state index < -0.39 is 0 Å². The zero-order valence-corrected chi connectivity index (χ0v) is 18.4. The Hall–Kier alpha value is -2.54. The van der Waals surface area contributed by atoms with Crippen LogP contribution in [0, 0.1) is 5.92 Å². The molecule has 0 radical (unpaired) electrons. The monoisotopic (exact) mass is 412 g/mol. The Kier molecular flexibility index (Phi) is 5.49. The molecular formula is C23H32N4O3. The van der Waals surface area contributed by atoms with Crippen molar-refractivity contribution in [2.45, 2.75) is 58.3 Å². The summed E-state index contributed by atoms with van der Waals surface area (Å²) in [5, 5.41) is 3.07. The van der Waals surface area contributed by atoms with Crippen LogP contribution in [-0.4, -0.2) is 46.1 Å². The lowest BCUT2D eigenvalue weighted by atomic mass is 9.83. The van der Waals surface area contributed by atoms with Crippen LogP contribution in [0.1, 0.15) is 49.9 Å². The van der Waals surface area contributed by atoms with Crippen molar-refractivity contribution in [2.24, 2.45) is 5.92 Å². The predicted octanol–water partition coefficient (Wildman–Crippen LogP) is 3.00. The van der Waals surface area contributed by atoms with Gasteiger partial charge < -0.3 is 19.2 Å². The predicted molar refractivity (Wildman–Crippen MR) is 115 cm³/mol. The number of likely N-dealkylation sites (tertiary alicyclic amines) is 1. The quantitative estimate of drug-likeness (QED) is 0.838. The van der Waals surface area contributed by atoms with E-state index in [9.17, 15) is 9.59 Å². The molecule has 0 aromatic carbocycles. The molecule has 7 heteroatoms. The zero-order chi connectivity index (χ0) is 21.5. The molecule has 2 aliphatic rings. The average Bonchev–Trinajstić information content (AvgIpc) is 3.16. The molecule has 4 heterocycles. The minimum Gasteiger partial charge on any atom is -0.472 e. The normalized spacial score (nSPS) is 20.9. The maximum Gasteiger partial charge on any atom is 0.317 e. The fourth-order valence-electron chi connectivity index (χ4n) is 4.72. The van der Waals surface area contributed by atoms with Gasteiger partial charge in [-0.15, -0.1) is 0 Å². The molecule has 0 unspecified atom stereocenters. The summed E-state index contributed by atoms with van der Waals surface area (Å²) in [4.78, 5) is 29.9. The van der Waals surface area contributed by atoms with Crippen molar-refractivity contribution in [3.63, 3.8) is 0 Å². The van der Waals surface area contributed by atoms with Gasteiger partial charge in [0.2, 0.25) is 0 Å². The lowest BCUT2D eigenvalue weighted by Gasteiger charge is -2.43. The molecule has 2 amide bonds. The molecule has 0 spiro atoms. The maximum absolute atomic E-state index is 13.2. The van der Waals surface area contributed by atoms with Crippen LogP contribution < -0.4 is 10.9 Å². The van der Waals surface area contributed by atoms with Crippen molar-refractivity contribution < 1.29 is 9.21 Å². The van der Waals surface area contributed by atoms with Crippen molar-refractivity contribution in [3.05, 3.63) is 57.9 Å². The van der Waals surface area contributed by atoms with Crippen molar-refractivity contribution >= 4 is 6.03 Å². The van der Waals surface area contributed by atoms with E-state index in [1.807, 2.05) is 49.4 Å². The van der Waals surface area contributed by atoms with Gasteiger partial charge in [-0.3, -0.25) is 9.69 Å². The second-order valence-electron chi connectivity index (χ2n) is 9.89. The molecule has 1 N–H and O–H groups in total. The number of hydrogen-bond donors (Lipinski definition) is 1. The molecule has 0 aliphatic carbocycles. The summed E-state index contributed by atoms with van der Waals surface area (Å²) in [5.41, 5.74) is 2.82.